The Morgan fingerprint density at radius 1 is 1.07 bits per heavy atom. The second kappa shape index (κ2) is 7.06. The molecule has 0 aliphatic rings. The van der Waals surface area contributed by atoms with Crippen LogP contribution in [0.2, 0.25) is 0 Å². The maximum absolute atomic E-state index is 11.6. The Bertz CT molecular complexity index is 1240. The lowest BCUT2D eigenvalue weighted by Gasteiger charge is -2.16. The van der Waals surface area contributed by atoms with Crippen molar-refractivity contribution in [2.45, 2.75) is 17.9 Å². The minimum atomic E-state index is -3.75. The van der Waals surface area contributed by atoms with Crippen molar-refractivity contribution in [1.82, 2.24) is 14.6 Å². The van der Waals surface area contributed by atoms with Gasteiger partial charge in [0.15, 0.2) is 5.82 Å². The quantitative estimate of drug-likeness (QED) is 0.542. The number of sulfonamides is 1. The first-order valence-electron chi connectivity index (χ1n) is 8.71. The van der Waals surface area contributed by atoms with E-state index in [0.717, 1.165) is 22.3 Å². The van der Waals surface area contributed by atoms with Gasteiger partial charge in [0.1, 0.15) is 5.52 Å². The summed E-state index contributed by atoms with van der Waals surface area (Å²) >= 11 is 0. The largest absolute Gasteiger partial charge is 0.362 e. The summed E-state index contributed by atoms with van der Waals surface area (Å²) in [5.74, 6) is 0.658. The number of hydrogen-bond acceptors (Lipinski definition) is 5. The molecule has 2 heterocycles. The fourth-order valence-electron chi connectivity index (χ4n) is 3.03. The number of nitrogens with two attached hydrogens (primary N) is 1. The van der Waals surface area contributed by atoms with Crippen LogP contribution in [0.1, 0.15) is 18.5 Å². The number of nitrogens with one attached hydrogen (secondary N) is 1. The van der Waals surface area contributed by atoms with Gasteiger partial charge in [-0.2, -0.15) is 5.10 Å². The molecule has 4 rings (SSSR count). The van der Waals surface area contributed by atoms with Gasteiger partial charge in [-0.25, -0.2) is 23.1 Å². The molecule has 0 saturated carbocycles. The van der Waals surface area contributed by atoms with Crippen LogP contribution in [0, 0.1) is 0 Å². The third kappa shape index (κ3) is 3.60. The lowest BCUT2D eigenvalue weighted by Crippen LogP contribution is -2.14. The van der Waals surface area contributed by atoms with Gasteiger partial charge in [-0.05, 0) is 30.7 Å². The zero-order valence-corrected chi connectivity index (χ0v) is 16.0. The van der Waals surface area contributed by atoms with Crippen LogP contribution in [0.15, 0.2) is 78.0 Å². The van der Waals surface area contributed by atoms with E-state index in [0.29, 0.717) is 5.82 Å². The smallest absolute Gasteiger partial charge is 0.238 e. The van der Waals surface area contributed by atoms with Crippen molar-refractivity contribution in [2.75, 3.05) is 5.32 Å². The number of anilines is 1. The second-order valence-electron chi connectivity index (χ2n) is 6.48. The normalized spacial score (nSPS) is 12.8. The van der Waals surface area contributed by atoms with Crippen LogP contribution in [-0.4, -0.2) is 23.0 Å². The van der Waals surface area contributed by atoms with Gasteiger partial charge >= 0.3 is 0 Å². The lowest BCUT2D eigenvalue weighted by molar-refractivity contribution is 0.597. The molecule has 0 spiro atoms. The summed E-state index contributed by atoms with van der Waals surface area (Å²) in [6, 6.07) is 18.3. The predicted molar refractivity (Wildman–Crippen MR) is 108 cm³/mol. The molecular formula is C20H19N5O2S. The number of hydrogen-bond donors (Lipinski definition) is 2. The van der Waals surface area contributed by atoms with E-state index in [9.17, 15) is 8.42 Å². The standard InChI is InChI=1S/C20H19N5O2S/c1-14(16-8-5-9-17(12-16)28(21,26)27)23-20-19-13-18(15-6-3-2-4-7-15)24-25(19)11-10-22-20/h2-14H,1H3,(H,22,23)(H2,21,26,27). The van der Waals surface area contributed by atoms with Gasteiger partial charge < -0.3 is 5.32 Å². The van der Waals surface area contributed by atoms with Crippen LogP contribution in [0.25, 0.3) is 16.8 Å². The van der Waals surface area contributed by atoms with Gasteiger partial charge in [-0.15, -0.1) is 0 Å². The average Bonchev–Trinajstić information content (AvgIpc) is 3.13. The van der Waals surface area contributed by atoms with Crippen molar-refractivity contribution in [3.63, 3.8) is 0 Å². The molecule has 1 unspecified atom stereocenters. The van der Waals surface area contributed by atoms with Gasteiger partial charge in [0, 0.05) is 18.0 Å². The van der Waals surface area contributed by atoms with Crippen molar-refractivity contribution >= 4 is 21.4 Å². The van der Waals surface area contributed by atoms with Crippen LogP contribution >= 0.6 is 0 Å². The minimum Gasteiger partial charge on any atom is -0.362 e. The zero-order chi connectivity index (χ0) is 19.7. The van der Waals surface area contributed by atoms with Gasteiger partial charge in [0.25, 0.3) is 0 Å². The van der Waals surface area contributed by atoms with Gasteiger partial charge in [0.2, 0.25) is 10.0 Å². The molecule has 3 N–H and O–H groups in total. The molecule has 8 heteroatoms. The Morgan fingerprint density at radius 2 is 1.86 bits per heavy atom. The third-order valence-corrected chi connectivity index (χ3v) is 5.41. The molecule has 1 atom stereocenters. The molecule has 142 valence electrons. The molecule has 2 aromatic heterocycles. The van der Waals surface area contributed by atoms with E-state index in [2.05, 4.69) is 15.4 Å². The van der Waals surface area contributed by atoms with Crippen molar-refractivity contribution in [1.29, 1.82) is 0 Å². The molecular weight excluding hydrogens is 374 g/mol. The second-order valence-corrected chi connectivity index (χ2v) is 8.05. The highest BCUT2D eigenvalue weighted by Crippen LogP contribution is 2.26. The van der Waals surface area contributed by atoms with E-state index in [1.807, 2.05) is 49.4 Å². The first-order chi connectivity index (χ1) is 13.4. The molecule has 28 heavy (non-hydrogen) atoms. The molecule has 0 bridgehead atoms. The van der Waals surface area contributed by atoms with E-state index < -0.39 is 10.0 Å². The fraction of sp³-hybridized carbons (Fsp3) is 0.100. The van der Waals surface area contributed by atoms with Crippen LogP contribution < -0.4 is 10.5 Å². The Hall–Kier alpha value is -3.23. The van der Waals surface area contributed by atoms with Gasteiger partial charge in [-0.1, -0.05) is 42.5 Å². The Kier molecular flexibility index (Phi) is 4.58. The molecule has 0 amide bonds. The average molecular weight is 393 g/mol. The Morgan fingerprint density at radius 3 is 2.61 bits per heavy atom. The van der Waals surface area contributed by atoms with Crippen LogP contribution in [0.3, 0.4) is 0 Å². The number of nitrogens with zero attached hydrogens (tertiary/aromatic N) is 3. The molecule has 2 aromatic carbocycles. The monoisotopic (exact) mass is 393 g/mol. The van der Waals surface area contributed by atoms with E-state index in [-0.39, 0.29) is 10.9 Å². The van der Waals surface area contributed by atoms with Crippen molar-refractivity contribution in [3.05, 3.63) is 78.6 Å². The molecule has 0 fully saturated rings. The first kappa shape index (κ1) is 18.1. The van der Waals surface area contributed by atoms with Crippen molar-refractivity contribution < 1.29 is 8.42 Å². The zero-order valence-electron chi connectivity index (χ0n) is 15.1. The minimum absolute atomic E-state index is 0.0838. The number of rotatable bonds is 5. The van der Waals surface area contributed by atoms with E-state index in [4.69, 9.17) is 5.14 Å². The van der Waals surface area contributed by atoms with Gasteiger partial charge in [0.05, 0.1) is 16.6 Å². The van der Waals surface area contributed by atoms with Crippen molar-refractivity contribution in [3.8, 4) is 11.3 Å². The summed E-state index contributed by atoms with van der Waals surface area (Å²) in [6.07, 6.45) is 3.46. The van der Waals surface area contributed by atoms with Crippen molar-refractivity contribution in [2.24, 2.45) is 5.14 Å². The number of primary sulfonamides is 1. The summed E-state index contributed by atoms with van der Waals surface area (Å²) in [4.78, 5) is 4.52. The summed E-state index contributed by atoms with van der Waals surface area (Å²) in [6.45, 7) is 1.93. The van der Waals surface area contributed by atoms with Crippen LogP contribution in [-0.2, 0) is 10.0 Å². The molecule has 0 aliphatic carbocycles. The number of fused-ring (bicyclic) bond motifs is 1. The molecule has 0 aliphatic heterocycles. The lowest BCUT2D eigenvalue weighted by atomic mass is 10.1. The summed E-state index contributed by atoms with van der Waals surface area (Å²) in [5.41, 5.74) is 3.49. The third-order valence-electron chi connectivity index (χ3n) is 4.50. The molecule has 0 saturated heterocycles. The predicted octanol–water partition coefficient (Wildman–Crippen LogP) is 3.22. The van der Waals surface area contributed by atoms with E-state index >= 15 is 0 Å². The molecule has 4 aromatic rings. The number of aromatic nitrogens is 3. The van der Waals surface area contributed by atoms with E-state index in [1.54, 1.807) is 29.0 Å². The number of benzene rings is 2. The molecule has 7 nitrogen and oxygen atoms in total. The maximum Gasteiger partial charge on any atom is 0.238 e. The van der Waals surface area contributed by atoms with Crippen LogP contribution in [0.5, 0.6) is 0 Å². The highest BCUT2D eigenvalue weighted by Gasteiger charge is 2.14. The van der Waals surface area contributed by atoms with Crippen LogP contribution in [0.4, 0.5) is 5.82 Å². The Labute approximate surface area is 162 Å². The molecule has 0 radical (unpaired) electrons. The summed E-state index contributed by atoms with van der Waals surface area (Å²) in [5, 5.41) is 13.2. The maximum atomic E-state index is 11.6. The highest BCUT2D eigenvalue weighted by molar-refractivity contribution is 7.89. The fourth-order valence-corrected chi connectivity index (χ4v) is 3.60. The SMILES string of the molecule is CC(Nc1nccn2nc(-c3ccccc3)cc12)c1cccc(S(N)(=O)=O)c1. The highest BCUT2D eigenvalue weighted by atomic mass is 32.2. The summed E-state index contributed by atoms with van der Waals surface area (Å²) in [7, 11) is -3.75. The van der Waals surface area contributed by atoms with E-state index in [1.165, 1.54) is 6.07 Å². The van der Waals surface area contributed by atoms with Gasteiger partial charge in [-0.3, -0.25) is 0 Å². The Balaban J connectivity index is 1.67. The summed E-state index contributed by atoms with van der Waals surface area (Å²) < 4.78 is 25.0. The first-order valence-corrected chi connectivity index (χ1v) is 10.3. The topological polar surface area (TPSA) is 102 Å².